The molecule has 14 heteroatoms. The van der Waals surface area contributed by atoms with Crippen LogP contribution < -0.4 is 15.2 Å². The maximum atomic E-state index is 13.4. The summed E-state index contributed by atoms with van der Waals surface area (Å²) in [6, 6.07) is 7.08. The SMILES string of the molecule is CCn1c(CO)nn(-c2cc(O[C@@H](C)C(F)(F)F)c3c(Oc4nc(Cl)ccc4Cl)nccc3c2)c1=O. The van der Waals surface area contributed by atoms with Crippen LogP contribution in [-0.4, -0.2) is 41.7 Å². The van der Waals surface area contributed by atoms with Crippen molar-refractivity contribution < 1.29 is 27.8 Å². The van der Waals surface area contributed by atoms with Crippen molar-refractivity contribution in [2.75, 3.05) is 0 Å². The number of benzene rings is 1. The first-order valence-corrected chi connectivity index (χ1v) is 11.2. The molecule has 1 aromatic carbocycles. The number of aliphatic hydroxyl groups excluding tert-OH is 1. The van der Waals surface area contributed by atoms with Crippen LogP contribution in [0.5, 0.6) is 17.5 Å². The molecule has 0 aliphatic heterocycles. The molecule has 9 nitrogen and oxygen atoms in total. The molecule has 190 valence electrons. The van der Waals surface area contributed by atoms with Gasteiger partial charge in [0, 0.05) is 18.8 Å². The predicted octanol–water partition coefficient (Wildman–Crippen LogP) is 4.92. The first-order valence-electron chi connectivity index (χ1n) is 10.5. The van der Waals surface area contributed by atoms with Crippen LogP contribution in [0.2, 0.25) is 10.2 Å². The van der Waals surface area contributed by atoms with E-state index < -0.39 is 24.6 Å². The summed E-state index contributed by atoms with van der Waals surface area (Å²) >= 11 is 12.0. The van der Waals surface area contributed by atoms with E-state index in [4.69, 9.17) is 32.7 Å². The number of ether oxygens (including phenoxy) is 2. The third-order valence-electron chi connectivity index (χ3n) is 5.16. The van der Waals surface area contributed by atoms with Gasteiger partial charge < -0.3 is 14.6 Å². The highest BCUT2D eigenvalue weighted by atomic mass is 35.5. The minimum absolute atomic E-state index is 0.0700. The number of fused-ring (bicyclic) bond motifs is 1. The van der Waals surface area contributed by atoms with Gasteiger partial charge in [0.1, 0.15) is 22.5 Å². The molecule has 1 N–H and O–H groups in total. The van der Waals surface area contributed by atoms with E-state index in [0.717, 1.165) is 11.6 Å². The molecule has 3 aromatic heterocycles. The maximum absolute atomic E-state index is 13.4. The zero-order valence-corrected chi connectivity index (χ0v) is 20.3. The molecule has 0 saturated carbocycles. The number of rotatable bonds is 7. The van der Waals surface area contributed by atoms with Crippen molar-refractivity contribution in [3.05, 3.63) is 63.0 Å². The molecule has 0 bridgehead atoms. The van der Waals surface area contributed by atoms with Crippen LogP contribution in [0.15, 0.2) is 41.3 Å². The molecule has 0 fully saturated rings. The van der Waals surface area contributed by atoms with Gasteiger partial charge in [0.2, 0.25) is 11.8 Å². The highest BCUT2D eigenvalue weighted by Gasteiger charge is 2.38. The number of halogens is 5. The largest absolute Gasteiger partial charge is 0.480 e. The first kappa shape index (κ1) is 25.7. The lowest BCUT2D eigenvalue weighted by Crippen LogP contribution is -2.31. The fourth-order valence-corrected chi connectivity index (χ4v) is 3.67. The summed E-state index contributed by atoms with van der Waals surface area (Å²) in [6.07, 6.45) is -5.55. The highest BCUT2D eigenvalue weighted by Crippen LogP contribution is 2.39. The van der Waals surface area contributed by atoms with Gasteiger partial charge in [-0.25, -0.2) is 9.78 Å². The summed E-state index contributed by atoms with van der Waals surface area (Å²) in [4.78, 5) is 20.9. The summed E-state index contributed by atoms with van der Waals surface area (Å²) in [7, 11) is 0. The summed E-state index contributed by atoms with van der Waals surface area (Å²) in [5.41, 5.74) is -0.481. The van der Waals surface area contributed by atoms with Gasteiger partial charge in [-0.3, -0.25) is 4.57 Å². The van der Waals surface area contributed by atoms with Gasteiger partial charge >= 0.3 is 11.9 Å². The number of hydrogen-bond donors (Lipinski definition) is 1. The molecule has 0 amide bonds. The van der Waals surface area contributed by atoms with Crippen LogP contribution >= 0.6 is 23.2 Å². The van der Waals surface area contributed by atoms with Gasteiger partial charge in [-0.2, -0.15) is 22.8 Å². The van der Waals surface area contributed by atoms with Gasteiger partial charge in [-0.05, 0) is 43.5 Å². The Labute approximate surface area is 211 Å². The average molecular weight is 544 g/mol. The van der Waals surface area contributed by atoms with E-state index in [0.29, 0.717) is 5.39 Å². The quantitative estimate of drug-likeness (QED) is 0.330. The Bertz CT molecular complexity index is 1490. The fraction of sp³-hybridized carbons (Fsp3) is 0.273. The monoisotopic (exact) mass is 543 g/mol. The van der Waals surface area contributed by atoms with Crippen molar-refractivity contribution in [1.82, 2.24) is 24.3 Å². The summed E-state index contributed by atoms with van der Waals surface area (Å²) in [5.74, 6) is -0.456. The van der Waals surface area contributed by atoms with Crippen LogP contribution in [0.25, 0.3) is 16.5 Å². The van der Waals surface area contributed by atoms with Gasteiger partial charge in [0.25, 0.3) is 0 Å². The average Bonchev–Trinajstić information content (AvgIpc) is 3.16. The van der Waals surface area contributed by atoms with Crippen molar-refractivity contribution in [3.63, 3.8) is 0 Å². The van der Waals surface area contributed by atoms with Crippen molar-refractivity contribution in [2.24, 2.45) is 0 Å². The molecule has 0 unspecified atom stereocenters. The maximum Gasteiger partial charge on any atom is 0.425 e. The molecule has 1 atom stereocenters. The molecule has 36 heavy (non-hydrogen) atoms. The molecule has 0 spiro atoms. The van der Waals surface area contributed by atoms with Crippen LogP contribution in [0.3, 0.4) is 0 Å². The molecule has 0 saturated heterocycles. The third-order valence-corrected chi connectivity index (χ3v) is 5.65. The topological polar surface area (TPSA) is 104 Å². The molecular formula is C22H18Cl2F3N5O4. The minimum Gasteiger partial charge on any atom is -0.480 e. The van der Waals surface area contributed by atoms with E-state index in [1.54, 1.807) is 6.92 Å². The lowest BCUT2D eigenvalue weighted by atomic mass is 10.1. The van der Waals surface area contributed by atoms with Crippen molar-refractivity contribution in [1.29, 1.82) is 0 Å². The third kappa shape index (κ3) is 4.97. The minimum atomic E-state index is -4.69. The Morgan fingerprint density at radius 2 is 1.92 bits per heavy atom. The zero-order valence-electron chi connectivity index (χ0n) is 18.8. The van der Waals surface area contributed by atoms with E-state index in [2.05, 4.69) is 15.1 Å². The number of hydrogen-bond acceptors (Lipinski definition) is 7. The van der Waals surface area contributed by atoms with E-state index in [9.17, 15) is 23.1 Å². The van der Waals surface area contributed by atoms with E-state index in [-0.39, 0.29) is 51.1 Å². The van der Waals surface area contributed by atoms with Crippen molar-refractivity contribution in [3.8, 4) is 23.2 Å². The van der Waals surface area contributed by atoms with Gasteiger partial charge in [0.15, 0.2) is 11.9 Å². The van der Waals surface area contributed by atoms with E-state index >= 15 is 0 Å². The van der Waals surface area contributed by atoms with Gasteiger partial charge in [-0.15, -0.1) is 5.10 Å². The number of aliphatic hydroxyl groups is 1. The number of pyridine rings is 2. The Morgan fingerprint density at radius 3 is 2.56 bits per heavy atom. The lowest BCUT2D eigenvalue weighted by Gasteiger charge is -2.20. The Hall–Kier alpha value is -3.35. The molecule has 0 aliphatic carbocycles. The second-order valence-corrected chi connectivity index (χ2v) is 8.29. The van der Waals surface area contributed by atoms with Crippen LogP contribution in [0.4, 0.5) is 13.2 Å². The molecular weight excluding hydrogens is 526 g/mol. The summed E-state index contributed by atoms with van der Waals surface area (Å²) in [6.45, 7) is 2.25. The van der Waals surface area contributed by atoms with Gasteiger partial charge in [0.05, 0.1) is 11.1 Å². The Kier molecular flexibility index (Phi) is 7.12. The first-order chi connectivity index (χ1) is 17.0. The predicted molar refractivity (Wildman–Crippen MR) is 125 cm³/mol. The number of nitrogens with zero attached hydrogens (tertiary/aromatic N) is 5. The zero-order chi connectivity index (χ0) is 26.2. The lowest BCUT2D eigenvalue weighted by molar-refractivity contribution is -0.189. The molecule has 4 aromatic rings. The smallest absolute Gasteiger partial charge is 0.425 e. The number of alkyl halides is 3. The number of aromatic nitrogens is 5. The van der Waals surface area contributed by atoms with Crippen molar-refractivity contribution >= 4 is 34.0 Å². The highest BCUT2D eigenvalue weighted by molar-refractivity contribution is 6.33. The van der Waals surface area contributed by atoms with E-state index in [1.807, 2.05) is 0 Å². The Balaban J connectivity index is 1.94. The molecule has 4 rings (SSSR count). The van der Waals surface area contributed by atoms with E-state index in [1.165, 1.54) is 41.1 Å². The van der Waals surface area contributed by atoms with Crippen molar-refractivity contribution in [2.45, 2.75) is 39.3 Å². The fourth-order valence-electron chi connectivity index (χ4n) is 3.39. The summed E-state index contributed by atoms with van der Waals surface area (Å²) in [5, 5.41) is 14.2. The van der Waals surface area contributed by atoms with Gasteiger partial charge in [-0.1, -0.05) is 23.2 Å². The molecule has 0 radical (unpaired) electrons. The second-order valence-electron chi connectivity index (χ2n) is 7.50. The van der Waals surface area contributed by atoms with Crippen LogP contribution in [0, 0.1) is 0 Å². The van der Waals surface area contributed by atoms with Crippen LogP contribution in [0.1, 0.15) is 19.7 Å². The summed E-state index contributed by atoms with van der Waals surface area (Å²) < 4.78 is 53.4. The standard InChI is InChI=1S/C22H18Cl2F3N5O4/c1-3-31-17(10-33)30-32(21(31)34)13-8-12-6-7-28-20(36-19-14(23)4-5-16(24)29-19)18(12)15(9-13)35-11(2)22(25,26)27/h4-9,11,33H,3,10H2,1-2H3/t11-/m0/s1. The Morgan fingerprint density at radius 1 is 1.17 bits per heavy atom. The normalized spacial score (nSPS) is 12.7. The van der Waals surface area contributed by atoms with Crippen LogP contribution in [-0.2, 0) is 13.2 Å². The molecule has 3 heterocycles. The molecule has 0 aliphatic rings. The second kappa shape index (κ2) is 9.96.